The number of carbonyl (C=O) groups is 1. The van der Waals surface area contributed by atoms with Gasteiger partial charge in [0.25, 0.3) is 5.91 Å². The highest BCUT2D eigenvalue weighted by molar-refractivity contribution is 6.33. The molecule has 1 amide bonds. The first kappa shape index (κ1) is 22.1. The van der Waals surface area contributed by atoms with Crippen LogP contribution in [0.5, 0.6) is 0 Å². The zero-order valence-electron chi connectivity index (χ0n) is 17.8. The second kappa shape index (κ2) is 8.89. The molecule has 0 aliphatic heterocycles. The molecule has 2 aromatic carbocycles. The van der Waals surface area contributed by atoms with Gasteiger partial charge in [-0.05, 0) is 25.1 Å². The fourth-order valence-electron chi connectivity index (χ4n) is 3.58. The summed E-state index contributed by atoms with van der Waals surface area (Å²) in [5.74, 6) is -0.792. The smallest absolute Gasteiger partial charge is 0.262 e. The first-order chi connectivity index (χ1) is 16.4. The molecule has 3 aromatic heterocycles. The first-order valence-corrected chi connectivity index (χ1v) is 11.0. The molecule has 0 aliphatic rings. The van der Waals surface area contributed by atoms with Gasteiger partial charge in [-0.3, -0.25) is 9.48 Å². The quantitative estimate of drug-likeness (QED) is 0.342. The maximum absolute atomic E-state index is 14.1. The minimum Gasteiger partial charge on any atom is -0.304 e. The van der Waals surface area contributed by atoms with E-state index in [4.69, 9.17) is 23.2 Å². The summed E-state index contributed by atoms with van der Waals surface area (Å²) in [5.41, 5.74) is 3.82. The maximum Gasteiger partial charge on any atom is 0.262 e. The monoisotopic (exact) mass is 494 g/mol. The van der Waals surface area contributed by atoms with Gasteiger partial charge in [0.2, 0.25) is 0 Å². The summed E-state index contributed by atoms with van der Waals surface area (Å²) in [4.78, 5) is 17.4. The molecule has 0 saturated carbocycles. The molecular weight excluding hydrogens is 478 g/mol. The minimum atomic E-state index is -0.473. The van der Waals surface area contributed by atoms with E-state index in [9.17, 15) is 9.18 Å². The Morgan fingerprint density at radius 2 is 1.88 bits per heavy atom. The molecule has 0 unspecified atom stereocenters. The van der Waals surface area contributed by atoms with Crippen LogP contribution in [0, 0.1) is 12.7 Å². The van der Waals surface area contributed by atoms with Gasteiger partial charge in [0.1, 0.15) is 16.4 Å². The van der Waals surface area contributed by atoms with Crippen molar-refractivity contribution in [2.75, 3.05) is 5.32 Å². The molecule has 0 atom stereocenters. The minimum absolute atomic E-state index is 0.0548. The number of rotatable bonds is 5. The summed E-state index contributed by atoms with van der Waals surface area (Å²) in [6.45, 7) is 2.07. The lowest BCUT2D eigenvalue weighted by atomic mass is 10.1. The van der Waals surface area contributed by atoms with Gasteiger partial charge in [0.05, 0.1) is 18.4 Å². The van der Waals surface area contributed by atoms with E-state index < -0.39 is 11.7 Å². The average molecular weight is 495 g/mol. The fraction of sp³-hybridized carbons (Fsp3) is 0.0833. The van der Waals surface area contributed by atoms with Gasteiger partial charge < -0.3 is 5.32 Å². The van der Waals surface area contributed by atoms with Gasteiger partial charge in [-0.2, -0.15) is 10.2 Å². The lowest BCUT2D eigenvalue weighted by Gasteiger charge is -2.06. The Morgan fingerprint density at radius 3 is 2.65 bits per heavy atom. The molecule has 0 fully saturated rings. The predicted molar refractivity (Wildman–Crippen MR) is 129 cm³/mol. The third-order valence-corrected chi connectivity index (χ3v) is 5.95. The summed E-state index contributed by atoms with van der Waals surface area (Å²) >= 11 is 12.4. The molecule has 3 heterocycles. The number of hydrogen-bond donors (Lipinski definition) is 1. The molecule has 10 heteroatoms. The molecule has 0 aliphatic carbocycles. The molecule has 1 N–H and O–H groups in total. The SMILES string of the molecule is Cc1ccc(-c2ccnc3c(C(=O)Nc4nn(Cc5c(F)cccc5Cl)cc4Cl)cnn23)cc1. The Bertz CT molecular complexity index is 1510. The van der Waals surface area contributed by atoms with E-state index in [2.05, 4.69) is 20.5 Å². The predicted octanol–water partition coefficient (Wildman–Crippen LogP) is 5.65. The number of anilines is 1. The largest absolute Gasteiger partial charge is 0.304 e. The summed E-state index contributed by atoms with van der Waals surface area (Å²) < 4.78 is 17.1. The van der Waals surface area contributed by atoms with Crippen molar-refractivity contribution in [1.82, 2.24) is 24.4 Å². The van der Waals surface area contributed by atoms with Crippen LogP contribution in [0.1, 0.15) is 21.5 Å². The lowest BCUT2D eigenvalue weighted by molar-refractivity contribution is 0.102. The van der Waals surface area contributed by atoms with Crippen LogP contribution in [0.2, 0.25) is 10.0 Å². The van der Waals surface area contributed by atoms with Crippen LogP contribution in [0.15, 0.2) is 67.1 Å². The topological polar surface area (TPSA) is 77.1 Å². The van der Waals surface area contributed by atoms with Crippen molar-refractivity contribution in [2.24, 2.45) is 0 Å². The van der Waals surface area contributed by atoms with Crippen LogP contribution in [0.4, 0.5) is 10.2 Å². The summed E-state index contributed by atoms with van der Waals surface area (Å²) in [6, 6.07) is 14.3. The zero-order valence-corrected chi connectivity index (χ0v) is 19.3. The summed E-state index contributed by atoms with van der Waals surface area (Å²) in [5, 5.41) is 11.8. The highest BCUT2D eigenvalue weighted by Gasteiger charge is 2.19. The molecule has 0 saturated heterocycles. The highest BCUT2D eigenvalue weighted by Crippen LogP contribution is 2.25. The second-order valence-electron chi connectivity index (χ2n) is 7.67. The van der Waals surface area contributed by atoms with Crippen molar-refractivity contribution in [2.45, 2.75) is 13.5 Å². The number of fused-ring (bicyclic) bond motifs is 1. The van der Waals surface area contributed by atoms with E-state index in [1.165, 1.54) is 29.2 Å². The van der Waals surface area contributed by atoms with Gasteiger partial charge in [-0.25, -0.2) is 13.9 Å². The van der Waals surface area contributed by atoms with Crippen LogP contribution in [0.3, 0.4) is 0 Å². The van der Waals surface area contributed by atoms with Crippen molar-refractivity contribution in [3.63, 3.8) is 0 Å². The van der Waals surface area contributed by atoms with Gasteiger partial charge >= 0.3 is 0 Å². The molecule has 0 bridgehead atoms. The van der Waals surface area contributed by atoms with Gasteiger partial charge in [-0.15, -0.1) is 0 Å². The van der Waals surface area contributed by atoms with Gasteiger partial charge in [0, 0.05) is 28.5 Å². The van der Waals surface area contributed by atoms with E-state index in [1.54, 1.807) is 16.8 Å². The van der Waals surface area contributed by atoms with E-state index in [1.807, 2.05) is 37.3 Å². The normalized spacial score (nSPS) is 11.2. The molecule has 0 spiro atoms. The van der Waals surface area contributed by atoms with Crippen LogP contribution in [-0.4, -0.2) is 30.3 Å². The van der Waals surface area contributed by atoms with Crippen LogP contribution in [0.25, 0.3) is 16.9 Å². The lowest BCUT2D eigenvalue weighted by Crippen LogP contribution is -2.13. The van der Waals surface area contributed by atoms with Crippen LogP contribution < -0.4 is 5.32 Å². The standard InChI is InChI=1S/C24H17Cl2FN6O/c1-14-5-7-15(8-6-14)21-9-10-28-23-16(11-29-33(21)23)24(34)30-22-19(26)13-32(31-22)12-17-18(25)3-2-4-20(17)27/h2-11,13H,12H2,1H3,(H,30,31,34). The Balaban J connectivity index is 1.41. The number of benzene rings is 2. The molecule has 7 nitrogen and oxygen atoms in total. The van der Waals surface area contributed by atoms with Gasteiger partial charge in [-0.1, -0.05) is 59.1 Å². The van der Waals surface area contributed by atoms with Gasteiger partial charge in [0.15, 0.2) is 11.5 Å². The number of nitrogens with one attached hydrogen (secondary N) is 1. The molecular formula is C24H17Cl2FN6O. The van der Waals surface area contributed by atoms with Crippen molar-refractivity contribution in [1.29, 1.82) is 0 Å². The van der Waals surface area contributed by atoms with Crippen molar-refractivity contribution >= 4 is 40.6 Å². The fourth-order valence-corrected chi connectivity index (χ4v) is 4.00. The Hall–Kier alpha value is -3.75. The Labute approximate surface area is 203 Å². The number of nitrogens with zero attached hydrogens (tertiary/aromatic N) is 5. The van der Waals surface area contributed by atoms with Crippen LogP contribution >= 0.6 is 23.2 Å². The average Bonchev–Trinajstić information content (AvgIpc) is 3.40. The molecule has 5 aromatic rings. The zero-order chi connectivity index (χ0) is 23.8. The maximum atomic E-state index is 14.1. The number of amides is 1. The highest BCUT2D eigenvalue weighted by atomic mass is 35.5. The third-order valence-electron chi connectivity index (χ3n) is 5.32. The number of aryl methyl sites for hydroxylation is 1. The van der Waals surface area contributed by atoms with E-state index >= 15 is 0 Å². The van der Waals surface area contributed by atoms with Crippen molar-refractivity contribution in [3.05, 3.63) is 99.7 Å². The molecule has 34 heavy (non-hydrogen) atoms. The number of hydrogen-bond acceptors (Lipinski definition) is 4. The molecule has 0 radical (unpaired) electrons. The number of carbonyl (C=O) groups excluding carboxylic acids is 1. The van der Waals surface area contributed by atoms with Crippen molar-refractivity contribution in [3.8, 4) is 11.3 Å². The summed E-state index contributed by atoms with van der Waals surface area (Å²) in [7, 11) is 0. The molecule has 170 valence electrons. The van der Waals surface area contributed by atoms with Crippen molar-refractivity contribution < 1.29 is 9.18 Å². The summed E-state index contributed by atoms with van der Waals surface area (Å²) in [6.07, 6.45) is 4.56. The van der Waals surface area contributed by atoms with Crippen LogP contribution in [-0.2, 0) is 6.54 Å². The first-order valence-electron chi connectivity index (χ1n) is 10.3. The van der Waals surface area contributed by atoms with E-state index in [0.29, 0.717) is 5.65 Å². The number of aromatic nitrogens is 5. The van der Waals surface area contributed by atoms with E-state index in [-0.39, 0.29) is 33.5 Å². The third kappa shape index (κ3) is 4.13. The van der Waals surface area contributed by atoms with E-state index in [0.717, 1.165) is 16.8 Å². The Morgan fingerprint density at radius 1 is 1.09 bits per heavy atom. The Kier molecular flexibility index (Phi) is 5.77. The second-order valence-corrected chi connectivity index (χ2v) is 8.48. The number of halogens is 3. The molecule has 5 rings (SSSR count).